The summed E-state index contributed by atoms with van der Waals surface area (Å²) in [5.41, 5.74) is 2.14. The predicted octanol–water partition coefficient (Wildman–Crippen LogP) is 2.84. The number of hydrogen-bond acceptors (Lipinski definition) is 4. The molecule has 108 valence electrons. The van der Waals surface area contributed by atoms with Gasteiger partial charge in [-0.3, -0.25) is 0 Å². The predicted molar refractivity (Wildman–Crippen MR) is 79.6 cm³/mol. The molecule has 1 N–H and O–H groups in total. The molecule has 0 radical (unpaired) electrons. The Balaban J connectivity index is 1.95. The Morgan fingerprint density at radius 2 is 2.10 bits per heavy atom. The molecular formula is C15H16FN5. The van der Waals surface area contributed by atoms with Crippen molar-refractivity contribution in [3.05, 3.63) is 47.9 Å². The first-order valence-electron chi connectivity index (χ1n) is 6.95. The van der Waals surface area contributed by atoms with Gasteiger partial charge in [0.1, 0.15) is 5.82 Å². The van der Waals surface area contributed by atoms with Crippen molar-refractivity contribution in [3.63, 3.8) is 0 Å². The van der Waals surface area contributed by atoms with E-state index < -0.39 is 0 Å². The van der Waals surface area contributed by atoms with Gasteiger partial charge in [0.25, 0.3) is 0 Å². The lowest BCUT2D eigenvalue weighted by Crippen LogP contribution is -2.04. The van der Waals surface area contributed by atoms with Crippen LogP contribution in [-0.4, -0.2) is 26.5 Å². The molecule has 0 fully saturated rings. The number of nitrogens with one attached hydrogen (secondary N) is 1. The van der Waals surface area contributed by atoms with Gasteiger partial charge in [-0.15, -0.1) is 5.10 Å². The summed E-state index contributed by atoms with van der Waals surface area (Å²) in [6.07, 6.45) is 2.71. The largest absolute Gasteiger partial charge is 0.368 e. The third kappa shape index (κ3) is 2.69. The molecule has 2 aromatic heterocycles. The number of pyridine rings is 1. The van der Waals surface area contributed by atoms with Crippen LogP contribution in [0.5, 0.6) is 0 Å². The van der Waals surface area contributed by atoms with Gasteiger partial charge in [-0.25, -0.2) is 14.1 Å². The Kier molecular flexibility index (Phi) is 3.77. The van der Waals surface area contributed by atoms with Gasteiger partial charge in [-0.05, 0) is 18.6 Å². The molecule has 0 unspecified atom stereocenters. The number of benzene rings is 1. The van der Waals surface area contributed by atoms with E-state index in [2.05, 4.69) is 27.5 Å². The van der Waals surface area contributed by atoms with E-state index in [0.29, 0.717) is 23.4 Å². The summed E-state index contributed by atoms with van der Waals surface area (Å²) in [6, 6.07) is 8.53. The Morgan fingerprint density at radius 1 is 1.24 bits per heavy atom. The van der Waals surface area contributed by atoms with Crippen LogP contribution in [0.4, 0.5) is 10.2 Å². The van der Waals surface area contributed by atoms with Crippen molar-refractivity contribution >= 4 is 16.9 Å². The van der Waals surface area contributed by atoms with E-state index >= 15 is 0 Å². The van der Waals surface area contributed by atoms with E-state index in [4.69, 9.17) is 0 Å². The third-order valence-electron chi connectivity index (χ3n) is 3.25. The van der Waals surface area contributed by atoms with Crippen LogP contribution in [0, 0.1) is 5.82 Å². The second-order valence-corrected chi connectivity index (χ2v) is 4.79. The minimum Gasteiger partial charge on any atom is -0.368 e. The summed E-state index contributed by atoms with van der Waals surface area (Å²) in [6.45, 7) is 3.26. The molecular weight excluding hydrogens is 269 g/mol. The van der Waals surface area contributed by atoms with Crippen molar-refractivity contribution in [1.82, 2.24) is 20.0 Å². The van der Waals surface area contributed by atoms with E-state index in [9.17, 15) is 4.39 Å². The van der Waals surface area contributed by atoms with Crippen LogP contribution in [0.2, 0.25) is 0 Å². The van der Waals surface area contributed by atoms with E-state index in [1.165, 1.54) is 6.07 Å². The number of rotatable bonds is 5. The standard InChI is InChI=1S/C15H16FN5/c1-2-8-17-15-14-13(7-9-18-15)21(20-19-14)10-11-5-3-4-6-12(11)16/h3-7,9H,2,8,10H2,1H3,(H,17,18). The van der Waals surface area contributed by atoms with Crippen molar-refractivity contribution < 1.29 is 4.39 Å². The molecule has 0 saturated heterocycles. The molecule has 0 aliphatic rings. The highest BCUT2D eigenvalue weighted by molar-refractivity contribution is 5.85. The minimum atomic E-state index is -0.237. The molecule has 3 aromatic rings. The zero-order chi connectivity index (χ0) is 14.7. The maximum atomic E-state index is 13.7. The SMILES string of the molecule is CCCNc1nccc2c1nnn2Cc1ccccc1F. The molecule has 0 saturated carbocycles. The zero-order valence-electron chi connectivity index (χ0n) is 11.8. The Bertz CT molecular complexity index is 753. The second-order valence-electron chi connectivity index (χ2n) is 4.79. The van der Waals surface area contributed by atoms with Crippen LogP contribution in [0.3, 0.4) is 0 Å². The van der Waals surface area contributed by atoms with Gasteiger partial charge in [0.15, 0.2) is 11.3 Å². The highest BCUT2D eigenvalue weighted by Gasteiger charge is 2.11. The van der Waals surface area contributed by atoms with E-state index in [0.717, 1.165) is 18.5 Å². The third-order valence-corrected chi connectivity index (χ3v) is 3.25. The molecule has 0 atom stereocenters. The highest BCUT2D eigenvalue weighted by atomic mass is 19.1. The van der Waals surface area contributed by atoms with Gasteiger partial charge in [0.2, 0.25) is 0 Å². The van der Waals surface area contributed by atoms with Crippen molar-refractivity contribution in [2.24, 2.45) is 0 Å². The van der Waals surface area contributed by atoms with Crippen LogP contribution >= 0.6 is 0 Å². The smallest absolute Gasteiger partial charge is 0.156 e. The zero-order valence-corrected chi connectivity index (χ0v) is 11.8. The Labute approximate surface area is 121 Å². The molecule has 0 amide bonds. The summed E-state index contributed by atoms with van der Waals surface area (Å²) in [7, 11) is 0. The maximum Gasteiger partial charge on any atom is 0.156 e. The summed E-state index contributed by atoms with van der Waals surface area (Å²) in [4.78, 5) is 4.28. The lowest BCUT2D eigenvalue weighted by molar-refractivity contribution is 0.583. The molecule has 0 spiro atoms. The van der Waals surface area contributed by atoms with Gasteiger partial charge in [0, 0.05) is 18.3 Å². The van der Waals surface area contributed by atoms with Crippen LogP contribution in [0.1, 0.15) is 18.9 Å². The number of fused-ring (bicyclic) bond motifs is 1. The molecule has 2 heterocycles. The molecule has 0 aliphatic carbocycles. The number of nitrogens with zero attached hydrogens (tertiary/aromatic N) is 4. The lowest BCUT2D eigenvalue weighted by Gasteiger charge is -2.05. The average Bonchev–Trinajstić information content (AvgIpc) is 2.91. The first-order valence-corrected chi connectivity index (χ1v) is 6.95. The fraction of sp³-hybridized carbons (Fsp3) is 0.267. The summed E-state index contributed by atoms with van der Waals surface area (Å²) in [5, 5.41) is 11.5. The second kappa shape index (κ2) is 5.87. The number of hydrogen-bond donors (Lipinski definition) is 1. The number of anilines is 1. The molecule has 0 aliphatic heterocycles. The topological polar surface area (TPSA) is 55.6 Å². The Hall–Kier alpha value is -2.50. The van der Waals surface area contributed by atoms with Crippen molar-refractivity contribution in [2.75, 3.05) is 11.9 Å². The van der Waals surface area contributed by atoms with Crippen LogP contribution in [0.25, 0.3) is 11.0 Å². The molecule has 21 heavy (non-hydrogen) atoms. The quantitative estimate of drug-likeness (QED) is 0.783. The molecule has 6 heteroatoms. The number of aromatic nitrogens is 4. The van der Waals surface area contributed by atoms with Crippen molar-refractivity contribution in [3.8, 4) is 0 Å². The fourth-order valence-electron chi connectivity index (χ4n) is 2.18. The Morgan fingerprint density at radius 3 is 2.90 bits per heavy atom. The highest BCUT2D eigenvalue weighted by Crippen LogP contribution is 2.19. The lowest BCUT2D eigenvalue weighted by atomic mass is 10.2. The van der Waals surface area contributed by atoms with Crippen molar-refractivity contribution in [1.29, 1.82) is 0 Å². The monoisotopic (exact) mass is 285 g/mol. The van der Waals surface area contributed by atoms with E-state index in [1.54, 1.807) is 23.0 Å². The van der Waals surface area contributed by atoms with Crippen LogP contribution in [-0.2, 0) is 6.54 Å². The molecule has 1 aromatic carbocycles. The summed E-state index contributed by atoms with van der Waals surface area (Å²) in [5.74, 6) is 0.480. The van der Waals surface area contributed by atoms with Gasteiger partial charge >= 0.3 is 0 Å². The molecule has 3 rings (SSSR count). The van der Waals surface area contributed by atoms with Crippen LogP contribution in [0.15, 0.2) is 36.5 Å². The van der Waals surface area contributed by atoms with Gasteiger partial charge in [-0.2, -0.15) is 0 Å². The van der Waals surface area contributed by atoms with Gasteiger partial charge in [-0.1, -0.05) is 30.3 Å². The van der Waals surface area contributed by atoms with E-state index in [-0.39, 0.29) is 5.82 Å². The number of halogens is 1. The summed E-state index contributed by atoms with van der Waals surface area (Å²) < 4.78 is 15.4. The van der Waals surface area contributed by atoms with E-state index in [1.807, 2.05) is 12.1 Å². The summed E-state index contributed by atoms with van der Waals surface area (Å²) >= 11 is 0. The average molecular weight is 285 g/mol. The normalized spacial score (nSPS) is 11.0. The minimum absolute atomic E-state index is 0.237. The van der Waals surface area contributed by atoms with Crippen LogP contribution < -0.4 is 5.32 Å². The molecule has 0 bridgehead atoms. The first kappa shape index (κ1) is 13.5. The molecule has 5 nitrogen and oxygen atoms in total. The fourth-order valence-corrected chi connectivity index (χ4v) is 2.18. The van der Waals surface area contributed by atoms with Gasteiger partial charge < -0.3 is 5.32 Å². The first-order chi connectivity index (χ1) is 10.3. The maximum absolute atomic E-state index is 13.7. The van der Waals surface area contributed by atoms with Crippen molar-refractivity contribution in [2.45, 2.75) is 19.9 Å². The van der Waals surface area contributed by atoms with Gasteiger partial charge in [0.05, 0.1) is 12.1 Å².